The minimum Gasteiger partial charge on any atom is -0.487 e. The predicted molar refractivity (Wildman–Crippen MR) is 98.9 cm³/mol. The molecule has 1 saturated carbocycles. The molecule has 1 aliphatic carbocycles. The van der Waals surface area contributed by atoms with Crippen molar-refractivity contribution in [3.8, 4) is 5.75 Å². The first-order valence-electron chi connectivity index (χ1n) is 9.19. The van der Waals surface area contributed by atoms with Crippen LogP contribution >= 0.6 is 11.3 Å². The second-order valence-electron chi connectivity index (χ2n) is 7.14. The zero-order valence-corrected chi connectivity index (χ0v) is 15.2. The van der Waals surface area contributed by atoms with Crippen LogP contribution in [0.1, 0.15) is 48.2 Å². The fourth-order valence-electron chi connectivity index (χ4n) is 4.15. The first-order valence-corrected chi connectivity index (χ1v) is 10.1. The largest absolute Gasteiger partial charge is 0.487 e. The Balaban J connectivity index is 1.40. The summed E-state index contributed by atoms with van der Waals surface area (Å²) in [5.74, 6) is 2.41. The van der Waals surface area contributed by atoms with Crippen molar-refractivity contribution < 1.29 is 9.53 Å². The Morgan fingerprint density at radius 3 is 2.96 bits per heavy atom. The van der Waals surface area contributed by atoms with E-state index in [9.17, 15) is 4.79 Å². The molecular formula is C20H24N2O2S. The summed E-state index contributed by atoms with van der Waals surface area (Å²) in [4.78, 5) is 19.2. The molecule has 1 aromatic heterocycles. The number of benzene rings is 1. The van der Waals surface area contributed by atoms with Gasteiger partial charge in [0, 0.05) is 24.0 Å². The number of ether oxygens (including phenoxy) is 1. The third-order valence-corrected chi connectivity index (χ3v) is 6.16. The van der Waals surface area contributed by atoms with Crippen molar-refractivity contribution in [1.82, 2.24) is 9.88 Å². The Morgan fingerprint density at radius 1 is 1.24 bits per heavy atom. The normalized spacial score (nSPS) is 23.1. The van der Waals surface area contributed by atoms with Gasteiger partial charge in [0.25, 0.3) is 5.91 Å². The minimum absolute atomic E-state index is 0.142. The highest BCUT2D eigenvalue weighted by molar-refractivity contribution is 7.07. The Morgan fingerprint density at radius 2 is 2.12 bits per heavy atom. The molecule has 2 aromatic rings. The van der Waals surface area contributed by atoms with E-state index in [2.05, 4.69) is 4.98 Å². The second-order valence-corrected chi connectivity index (χ2v) is 7.86. The van der Waals surface area contributed by atoms with Crippen LogP contribution in [0.2, 0.25) is 0 Å². The number of piperidine rings is 1. The van der Waals surface area contributed by atoms with Gasteiger partial charge in [-0.1, -0.05) is 25.3 Å². The van der Waals surface area contributed by atoms with Crippen LogP contribution in [0.5, 0.6) is 5.75 Å². The van der Waals surface area contributed by atoms with Crippen LogP contribution in [0.25, 0.3) is 0 Å². The summed E-state index contributed by atoms with van der Waals surface area (Å²) in [6.07, 6.45) is 6.49. The average Bonchev–Trinajstić information content (AvgIpc) is 3.19. The molecule has 2 atom stereocenters. The lowest BCUT2D eigenvalue weighted by atomic mass is 9.75. The van der Waals surface area contributed by atoms with Gasteiger partial charge in [-0.2, -0.15) is 0 Å². The van der Waals surface area contributed by atoms with Gasteiger partial charge in [0.05, 0.1) is 11.2 Å². The lowest BCUT2D eigenvalue weighted by Crippen LogP contribution is -2.44. The molecule has 25 heavy (non-hydrogen) atoms. The summed E-state index contributed by atoms with van der Waals surface area (Å²) in [7, 11) is 0. The lowest BCUT2D eigenvalue weighted by Gasteiger charge is -2.41. The standard InChI is InChI=1S/C20H24N2O2S/c23-20(22-9-8-15-4-1-2-5-17(15)11-22)16-6-3-7-19(10-16)24-12-18-13-25-14-21-18/h3,6-7,10,13-15,17H,1-2,4-5,8-9,11-12H2/t15-,17+/m0/s1. The molecule has 4 rings (SSSR count). The second kappa shape index (κ2) is 7.56. The Kier molecular flexibility index (Phi) is 5.02. The van der Waals surface area contributed by atoms with Crippen LogP contribution in [-0.4, -0.2) is 28.9 Å². The van der Waals surface area contributed by atoms with Crippen LogP contribution in [0.4, 0.5) is 0 Å². The summed E-state index contributed by atoms with van der Waals surface area (Å²) in [5, 5.41) is 1.98. The van der Waals surface area contributed by atoms with Crippen LogP contribution in [0.3, 0.4) is 0 Å². The highest BCUT2D eigenvalue weighted by Gasteiger charge is 2.33. The number of fused-ring (bicyclic) bond motifs is 1. The van der Waals surface area contributed by atoms with Crippen molar-refractivity contribution in [2.24, 2.45) is 11.8 Å². The molecule has 1 aliphatic heterocycles. The molecule has 5 heteroatoms. The van der Waals surface area contributed by atoms with Gasteiger partial charge >= 0.3 is 0 Å². The molecule has 1 aromatic carbocycles. The van der Waals surface area contributed by atoms with Crippen molar-refractivity contribution in [2.45, 2.75) is 38.7 Å². The molecule has 132 valence electrons. The summed E-state index contributed by atoms with van der Waals surface area (Å²) in [5.41, 5.74) is 3.44. The summed E-state index contributed by atoms with van der Waals surface area (Å²) in [6.45, 7) is 2.26. The van der Waals surface area contributed by atoms with E-state index in [1.165, 1.54) is 25.7 Å². The summed E-state index contributed by atoms with van der Waals surface area (Å²) < 4.78 is 5.79. The SMILES string of the molecule is O=C(c1cccc(OCc2cscn2)c1)N1CC[C@@H]2CCCC[C@@H]2C1. The van der Waals surface area contributed by atoms with Crippen molar-refractivity contribution in [3.63, 3.8) is 0 Å². The van der Waals surface area contributed by atoms with E-state index >= 15 is 0 Å². The zero-order valence-electron chi connectivity index (χ0n) is 14.4. The lowest BCUT2D eigenvalue weighted by molar-refractivity contribution is 0.0520. The Hall–Kier alpha value is -1.88. The monoisotopic (exact) mass is 356 g/mol. The van der Waals surface area contributed by atoms with E-state index in [-0.39, 0.29) is 5.91 Å². The third-order valence-electron chi connectivity index (χ3n) is 5.53. The van der Waals surface area contributed by atoms with Gasteiger partial charge in [-0.25, -0.2) is 4.98 Å². The number of hydrogen-bond donors (Lipinski definition) is 0. The number of rotatable bonds is 4. The number of thiazole rings is 1. The molecule has 0 spiro atoms. The van der Waals surface area contributed by atoms with E-state index in [0.29, 0.717) is 12.5 Å². The zero-order chi connectivity index (χ0) is 17.1. The molecular weight excluding hydrogens is 332 g/mol. The molecule has 0 N–H and O–H groups in total. The number of carbonyl (C=O) groups excluding carboxylic acids is 1. The molecule has 1 saturated heterocycles. The van der Waals surface area contributed by atoms with Gasteiger partial charge < -0.3 is 9.64 Å². The maximum atomic E-state index is 12.9. The van der Waals surface area contributed by atoms with Gasteiger partial charge in [-0.05, 0) is 42.9 Å². The van der Waals surface area contributed by atoms with Crippen LogP contribution in [0.15, 0.2) is 35.2 Å². The van der Waals surface area contributed by atoms with E-state index in [4.69, 9.17) is 4.74 Å². The molecule has 1 amide bonds. The van der Waals surface area contributed by atoms with Crippen LogP contribution in [-0.2, 0) is 6.61 Å². The number of likely N-dealkylation sites (tertiary alicyclic amines) is 1. The van der Waals surface area contributed by atoms with Gasteiger partial charge in [0.2, 0.25) is 0 Å². The average molecular weight is 356 g/mol. The first-order chi connectivity index (χ1) is 12.3. The van der Waals surface area contributed by atoms with E-state index in [1.54, 1.807) is 16.8 Å². The number of carbonyl (C=O) groups is 1. The maximum absolute atomic E-state index is 12.9. The highest BCUT2D eigenvalue weighted by Crippen LogP contribution is 2.36. The molecule has 2 heterocycles. The highest BCUT2D eigenvalue weighted by atomic mass is 32.1. The Bertz CT molecular complexity index is 716. The van der Waals surface area contributed by atoms with Gasteiger partial charge in [-0.3, -0.25) is 4.79 Å². The smallest absolute Gasteiger partial charge is 0.253 e. The topological polar surface area (TPSA) is 42.4 Å². The number of amides is 1. The van der Waals surface area contributed by atoms with Gasteiger partial charge in [0.1, 0.15) is 12.4 Å². The number of nitrogens with zero attached hydrogens (tertiary/aromatic N) is 2. The molecule has 2 aliphatic rings. The third kappa shape index (κ3) is 3.87. The first kappa shape index (κ1) is 16.6. The molecule has 4 nitrogen and oxygen atoms in total. The van der Waals surface area contributed by atoms with Gasteiger partial charge in [0.15, 0.2) is 0 Å². The fourth-order valence-corrected chi connectivity index (χ4v) is 4.70. The minimum atomic E-state index is 0.142. The van der Waals surface area contributed by atoms with Crippen molar-refractivity contribution >= 4 is 17.2 Å². The molecule has 0 bridgehead atoms. The van der Waals surface area contributed by atoms with E-state index < -0.39 is 0 Å². The summed E-state index contributed by atoms with van der Waals surface area (Å²) >= 11 is 1.56. The molecule has 0 radical (unpaired) electrons. The van der Waals surface area contributed by atoms with Crippen LogP contribution < -0.4 is 4.74 Å². The van der Waals surface area contributed by atoms with Crippen LogP contribution in [0, 0.1) is 11.8 Å². The maximum Gasteiger partial charge on any atom is 0.253 e. The van der Waals surface area contributed by atoms with Gasteiger partial charge in [-0.15, -0.1) is 11.3 Å². The predicted octanol–water partition coefficient (Wildman–Crippen LogP) is 4.37. The van der Waals surface area contributed by atoms with Crippen molar-refractivity contribution in [1.29, 1.82) is 0 Å². The fraction of sp³-hybridized carbons (Fsp3) is 0.500. The molecule has 0 unspecified atom stereocenters. The number of aromatic nitrogens is 1. The van der Waals surface area contributed by atoms with Crippen molar-refractivity contribution in [2.75, 3.05) is 13.1 Å². The number of hydrogen-bond acceptors (Lipinski definition) is 4. The molecule has 2 fully saturated rings. The van der Waals surface area contributed by atoms with E-state index in [1.807, 2.05) is 34.5 Å². The van der Waals surface area contributed by atoms with Crippen molar-refractivity contribution in [3.05, 3.63) is 46.4 Å². The summed E-state index contributed by atoms with van der Waals surface area (Å²) in [6, 6.07) is 7.56. The quantitative estimate of drug-likeness (QED) is 0.817. The van der Waals surface area contributed by atoms with E-state index in [0.717, 1.165) is 42.4 Å². The Labute approximate surface area is 152 Å².